The quantitative estimate of drug-likeness (QED) is 0.144. The number of terminal acetylenes is 1. The van der Waals surface area contributed by atoms with E-state index in [2.05, 4.69) is 20.8 Å². The number of alkyl halides is 1. The Balaban J connectivity index is 1.24. The number of hydrogen-bond donors (Lipinski definition) is 0. The average Bonchev–Trinajstić information content (AvgIpc) is 3.75. The minimum Gasteiger partial charge on any atom is -0.468 e. The topological polar surface area (TPSA) is 102 Å². The summed E-state index contributed by atoms with van der Waals surface area (Å²) in [5, 5.41) is 1.14. The lowest BCUT2D eigenvalue weighted by Crippen LogP contribution is -2.57. The highest BCUT2D eigenvalue weighted by Crippen LogP contribution is 2.43. The minimum absolute atomic E-state index is 0.0454. The second-order valence-electron chi connectivity index (χ2n) is 15.7. The normalized spacial score (nSPS) is 23.9. The van der Waals surface area contributed by atoms with Crippen molar-refractivity contribution in [1.29, 1.82) is 0 Å². The van der Waals surface area contributed by atoms with Crippen molar-refractivity contribution < 1.29 is 36.9 Å². The van der Waals surface area contributed by atoms with Crippen molar-refractivity contribution in [2.75, 3.05) is 51.6 Å². The van der Waals surface area contributed by atoms with Gasteiger partial charge in [0.15, 0.2) is 12.6 Å². The van der Waals surface area contributed by atoms with Crippen LogP contribution in [-0.4, -0.2) is 107 Å². The highest BCUT2D eigenvalue weighted by Gasteiger charge is 2.50. The molecule has 4 aliphatic heterocycles. The van der Waals surface area contributed by atoms with Crippen molar-refractivity contribution in [3.8, 4) is 35.4 Å². The minimum atomic E-state index is -0.957. The molecule has 2 aromatic carbocycles. The average molecular weight is 745 g/mol. The van der Waals surface area contributed by atoms with E-state index in [1.54, 1.807) is 18.2 Å². The zero-order valence-corrected chi connectivity index (χ0v) is 30.8. The van der Waals surface area contributed by atoms with Crippen molar-refractivity contribution in [1.82, 2.24) is 24.8 Å². The van der Waals surface area contributed by atoms with Crippen LogP contribution in [0.25, 0.3) is 32.9 Å². The Labute approximate surface area is 311 Å². The smallest absolute Gasteiger partial charge is 0.410 e. The maximum atomic E-state index is 17.3. The molecule has 0 radical (unpaired) electrons. The van der Waals surface area contributed by atoms with E-state index in [9.17, 15) is 9.18 Å². The van der Waals surface area contributed by atoms with Gasteiger partial charge in [0, 0.05) is 50.3 Å². The first kappa shape index (κ1) is 36.1. The number of aromatic nitrogens is 3. The fraction of sp³-hybridized carbons (Fsp3) is 0.500. The van der Waals surface area contributed by atoms with Crippen LogP contribution in [0.5, 0.6) is 11.8 Å². The Bertz CT molecular complexity index is 2160. The van der Waals surface area contributed by atoms with Gasteiger partial charge in [-0.05, 0) is 76.6 Å². The van der Waals surface area contributed by atoms with Gasteiger partial charge in [0.1, 0.15) is 47.0 Å². The third-order valence-electron chi connectivity index (χ3n) is 11.0. The molecule has 2 aromatic heterocycles. The van der Waals surface area contributed by atoms with Crippen molar-refractivity contribution >= 4 is 33.6 Å². The SMILES string of the molecule is C#Cc1c(F)ccc2cc(OCOC)cc(-c3ncc4c(N5C[C@H]6CC[C@@H](C5)N6C(=O)OC(C)(C)C)nc(OC[C@@]56CCCN5C[C@H](F)C6)nc4c3F)c12. The molecule has 4 saturated heterocycles. The maximum Gasteiger partial charge on any atom is 0.410 e. The third kappa shape index (κ3) is 6.41. The molecular formula is C40H43F3N6O5. The summed E-state index contributed by atoms with van der Waals surface area (Å²) in [4.78, 5) is 33.3. The number of anilines is 1. The Morgan fingerprint density at radius 1 is 1.09 bits per heavy atom. The van der Waals surface area contributed by atoms with Crippen molar-refractivity contribution in [3.63, 3.8) is 0 Å². The van der Waals surface area contributed by atoms with E-state index in [4.69, 9.17) is 30.4 Å². The van der Waals surface area contributed by atoms with Gasteiger partial charge in [0.25, 0.3) is 0 Å². The van der Waals surface area contributed by atoms with Crippen LogP contribution in [0.3, 0.4) is 0 Å². The molecule has 1 amide bonds. The van der Waals surface area contributed by atoms with Crippen LogP contribution in [0.15, 0.2) is 30.5 Å². The summed E-state index contributed by atoms with van der Waals surface area (Å²) in [7, 11) is 1.48. The summed E-state index contributed by atoms with van der Waals surface area (Å²) in [6.07, 6.45) is 9.56. The summed E-state index contributed by atoms with van der Waals surface area (Å²) in [6, 6.07) is 5.64. The van der Waals surface area contributed by atoms with Gasteiger partial charge in [-0.2, -0.15) is 9.97 Å². The number of fused-ring (bicyclic) bond motifs is 5. The van der Waals surface area contributed by atoms with Crippen LogP contribution in [0.4, 0.5) is 23.8 Å². The number of carbonyl (C=O) groups is 1. The fourth-order valence-corrected chi connectivity index (χ4v) is 8.80. The predicted octanol–water partition coefficient (Wildman–Crippen LogP) is 6.63. The van der Waals surface area contributed by atoms with E-state index in [-0.39, 0.29) is 65.3 Å². The molecule has 284 valence electrons. The highest BCUT2D eigenvalue weighted by atomic mass is 19.1. The number of hydrogen-bond acceptors (Lipinski definition) is 10. The first-order valence-corrected chi connectivity index (χ1v) is 18.4. The van der Waals surface area contributed by atoms with E-state index >= 15 is 8.78 Å². The van der Waals surface area contributed by atoms with Gasteiger partial charge in [-0.1, -0.05) is 12.0 Å². The number of carbonyl (C=O) groups excluding carboxylic acids is 1. The standard InChI is InChI=1S/C40H43F3N6O5/c1-6-28-31(42)11-8-23-14-27(53-22-51-5)15-29(32(23)28)34-33(43)35-30(17-44-34)36(46-37(45-35)52-21-40-12-7-13-48(40)18-24(41)16-40)47-19-25-9-10-26(20-47)49(25)38(50)54-39(2,3)4/h1,8,11,14-15,17,24-26H,7,9-10,12-13,16,18-22H2,2-5H3/t24-,25-,26+,40+/m1/s1. The summed E-state index contributed by atoms with van der Waals surface area (Å²) in [5.74, 6) is 1.73. The van der Waals surface area contributed by atoms with Crippen LogP contribution < -0.4 is 14.4 Å². The summed E-state index contributed by atoms with van der Waals surface area (Å²) >= 11 is 0. The van der Waals surface area contributed by atoms with Crippen LogP contribution in [0.1, 0.15) is 58.4 Å². The van der Waals surface area contributed by atoms with Gasteiger partial charge < -0.3 is 23.8 Å². The molecule has 4 aliphatic rings. The number of benzene rings is 2. The number of amides is 1. The largest absolute Gasteiger partial charge is 0.468 e. The van der Waals surface area contributed by atoms with Gasteiger partial charge in [-0.25, -0.2) is 18.0 Å². The lowest BCUT2D eigenvalue weighted by atomic mass is 9.95. The predicted molar refractivity (Wildman–Crippen MR) is 196 cm³/mol. The Hall–Kier alpha value is -4.87. The van der Waals surface area contributed by atoms with E-state index in [0.29, 0.717) is 48.4 Å². The monoisotopic (exact) mass is 744 g/mol. The first-order chi connectivity index (χ1) is 25.9. The lowest BCUT2D eigenvalue weighted by Gasteiger charge is -2.42. The van der Waals surface area contributed by atoms with Gasteiger partial charge >= 0.3 is 12.1 Å². The molecule has 0 saturated carbocycles. The van der Waals surface area contributed by atoms with Crippen molar-refractivity contribution in [2.24, 2.45) is 0 Å². The number of pyridine rings is 1. The Morgan fingerprint density at radius 2 is 1.87 bits per heavy atom. The van der Waals surface area contributed by atoms with Gasteiger partial charge in [0.05, 0.1) is 28.6 Å². The summed E-state index contributed by atoms with van der Waals surface area (Å²) in [6.45, 7) is 7.55. The molecule has 8 rings (SSSR count). The molecule has 0 aliphatic carbocycles. The summed E-state index contributed by atoms with van der Waals surface area (Å²) < 4.78 is 69.9. The molecule has 0 spiro atoms. The molecule has 54 heavy (non-hydrogen) atoms. The van der Waals surface area contributed by atoms with E-state index in [1.807, 2.05) is 30.6 Å². The number of ether oxygens (including phenoxy) is 4. The molecule has 4 aromatic rings. The van der Waals surface area contributed by atoms with Crippen molar-refractivity contribution in [2.45, 2.75) is 82.3 Å². The van der Waals surface area contributed by atoms with Crippen LogP contribution in [-0.2, 0) is 9.47 Å². The molecule has 4 atom stereocenters. The Morgan fingerprint density at radius 3 is 2.59 bits per heavy atom. The molecule has 0 unspecified atom stereocenters. The van der Waals surface area contributed by atoms with Crippen LogP contribution in [0, 0.1) is 24.0 Å². The van der Waals surface area contributed by atoms with E-state index in [0.717, 1.165) is 32.2 Å². The van der Waals surface area contributed by atoms with E-state index < -0.39 is 28.9 Å². The van der Waals surface area contributed by atoms with Gasteiger partial charge in [-0.15, -0.1) is 6.42 Å². The maximum absolute atomic E-state index is 17.3. The van der Waals surface area contributed by atoms with Gasteiger partial charge in [0.2, 0.25) is 0 Å². The summed E-state index contributed by atoms with van der Waals surface area (Å²) in [5.41, 5.74) is -1.16. The number of halogens is 3. The van der Waals surface area contributed by atoms with Crippen LogP contribution in [0.2, 0.25) is 0 Å². The van der Waals surface area contributed by atoms with Crippen molar-refractivity contribution in [3.05, 3.63) is 47.7 Å². The molecule has 2 bridgehead atoms. The molecule has 11 nitrogen and oxygen atoms in total. The number of nitrogens with zero attached hydrogens (tertiary/aromatic N) is 6. The molecule has 0 N–H and O–H groups in total. The molecule has 6 heterocycles. The molecular weight excluding hydrogens is 701 g/mol. The Kier molecular flexibility index (Phi) is 9.21. The highest BCUT2D eigenvalue weighted by molar-refractivity contribution is 6.03. The van der Waals surface area contributed by atoms with E-state index in [1.165, 1.54) is 19.4 Å². The fourth-order valence-electron chi connectivity index (χ4n) is 8.80. The zero-order valence-electron chi connectivity index (χ0n) is 30.8. The second kappa shape index (κ2) is 13.8. The number of rotatable bonds is 8. The number of piperazine rings is 1. The second-order valence-corrected chi connectivity index (χ2v) is 15.7. The van der Waals surface area contributed by atoms with Crippen LogP contribution >= 0.6 is 0 Å². The lowest BCUT2D eigenvalue weighted by molar-refractivity contribution is 0.0122. The molecule has 4 fully saturated rings. The third-order valence-corrected chi connectivity index (χ3v) is 11.0. The van der Waals surface area contributed by atoms with Gasteiger partial charge in [-0.3, -0.25) is 14.8 Å². The molecule has 14 heteroatoms. The first-order valence-electron chi connectivity index (χ1n) is 18.4. The number of methoxy groups -OCH3 is 1. The zero-order chi connectivity index (χ0) is 37.9.